The van der Waals surface area contributed by atoms with Gasteiger partial charge in [0.25, 0.3) is 11.8 Å². The van der Waals surface area contributed by atoms with Gasteiger partial charge >= 0.3 is 11.9 Å². The molecule has 0 spiro atoms. The van der Waals surface area contributed by atoms with Gasteiger partial charge in [0.05, 0.1) is 13.2 Å². The Hall–Kier alpha value is -1.82. The second kappa shape index (κ2) is 7.83. The fourth-order valence-corrected chi connectivity index (χ4v) is 1.66. The van der Waals surface area contributed by atoms with Crippen LogP contribution < -0.4 is 0 Å². The molecule has 0 amide bonds. The Labute approximate surface area is 137 Å². The quantitative estimate of drug-likeness (QED) is 0.148. The first kappa shape index (κ1) is 22.2. The maximum absolute atomic E-state index is 11.8. The second-order valence-electron chi connectivity index (χ2n) is 5.28. The van der Waals surface area contributed by atoms with Crippen LogP contribution in [0.2, 0.25) is 0 Å². The molecule has 0 bridgehead atoms. The monoisotopic (exact) mass is 350 g/mol. The van der Waals surface area contributed by atoms with Crippen molar-refractivity contribution < 1.29 is 49.7 Å². The second-order valence-corrected chi connectivity index (χ2v) is 5.28. The van der Waals surface area contributed by atoms with Gasteiger partial charge in [-0.05, 0) is 13.8 Å². The minimum atomic E-state index is -3.93. The molecule has 10 heteroatoms. The highest BCUT2D eigenvalue weighted by atomic mass is 16.8. The Morgan fingerprint density at radius 3 is 1.33 bits per heavy atom. The first-order chi connectivity index (χ1) is 10.8. The van der Waals surface area contributed by atoms with Gasteiger partial charge in [-0.3, -0.25) is 0 Å². The van der Waals surface area contributed by atoms with Crippen molar-refractivity contribution >= 4 is 11.9 Å². The number of aliphatic hydroxyl groups is 6. The summed E-state index contributed by atoms with van der Waals surface area (Å²) in [6, 6.07) is 0. The highest BCUT2D eigenvalue weighted by molar-refractivity contribution is 5.89. The van der Waals surface area contributed by atoms with Crippen molar-refractivity contribution in [3.8, 4) is 0 Å². The van der Waals surface area contributed by atoms with Gasteiger partial charge < -0.3 is 40.1 Å². The molecule has 24 heavy (non-hydrogen) atoms. The van der Waals surface area contributed by atoms with Crippen LogP contribution in [-0.4, -0.2) is 74.2 Å². The van der Waals surface area contributed by atoms with Crippen molar-refractivity contribution in [3.05, 3.63) is 24.3 Å². The molecule has 0 saturated heterocycles. The van der Waals surface area contributed by atoms with Crippen molar-refractivity contribution in [2.75, 3.05) is 19.8 Å². The Bertz CT molecular complexity index is 484. The van der Waals surface area contributed by atoms with Gasteiger partial charge in [-0.2, -0.15) is 0 Å². The highest BCUT2D eigenvalue weighted by Crippen LogP contribution is 2.43. The zero-order chi connectivity index (χ0) is 19.3. The summed E-state index contributed by atoms with van der Waals surface area (Å²) in [5.41, 5.74) is -3.52. The molecular formula is C14H22O10. The smallest absolute Gasteiger partial charge is 0.336 e. The topological polar surface area (TPSA) is 174 Å². The molecule has 6 N–H and O–H groups in total. The SMILES string of the molecule is C=C(C)C(=O)OC(CO)(OC(=O)C(=C)C)C(CO)(CO)C(O)(O)O. The molecule has 0 aromatic rings. The Balaban J connectivity index is 6.43. The zero-order valence-corrected chi connectivity index (χ0v) is 13.4. The van der Waals surface area contributed by atoms with Gasteiger partial charge in [0.15, 0.2) is 5.41 Å². The van der Waals surface area contributed by atoms with E-state index < -0.39 is 48.9 Å². The number of aliphatic hydroxyl groups excluding tert-OH is 3. The van der Waals surface area contributed by atoms with Crippen LogP contribution in [0.4, 0.5) is 0 Å². The number of hydrogen-bond donors (Lipinski definition) is 6. The minimum absolute atomic E-state index is 0.247. The lowest BCUT2D eigenvalue weighted by atomic mass is 9.77. The van der Waals surface area contributed by atoms with Crippen LogP contribution >= 0.6 is 0 Å². The fourth-order valence-electron chi connectivity index (χ4n) is 1.66. The molecule has 0 radical (unpaired) electrons. The van der Waals surface area contributed by atoms with Crippen molar-refractivity contribution in [3.63, 3.8) is 0 Å². The van der Waals surface area contributed by atoms with E-state index in [9.17, 15) is 40.2 Å². The van der Waals surface area contributed by atoms with E-state index in [4.69, 9.17) is 9.47 Å². The summed E-state index contributed by atoms with van der Waals surface area (Å²) in [5, 5.41) is 57.3. The molecule has 0 aromatic heterocycles. The van der Waals surface area contributed by atoms with Crippen LogP contribution in [0.5, 0.6) is 0 Å². The standard InChI is InChI=1S/C14H22O10/c1-8(2)10(18)23-13(7-17,24-11(19)9(3)4)12(5-15,6-16)14(20,21)22/h15-17,20-22H,1,3,5-7H2,2,4H3. The predicted molar refractivity (Wildman–Crippen MR) is 77.6 cm³/mol. The molecule has 0 aliphatic heterocycles. The third-order valence-electron chi connectivity index (χ3n) is 3.33. The molecule has 10 nitrogen and oxygen atoms in total. The third-order valence-corrected chi connectivity index (χ3v) is 3.33. The van der Waals surface area contributed by atoms with Crippen LogP contribution in [0.3, 0.4) is 0 Å². The van der Waals surface area contributed by atoms with Crippen LogP contribution in [-0.2, 0) is 19.1 Å². The number of hydrogen-bond acceptors (Lipinski definition) is 10. The van der Waals surface area contributed by atoms with Crippen LogP contribution in [0.25, 0.3) is 0 Å². The van der Waals surface area contributed by atoms with E-state index in [1.807, 2.05) is 0 Å². The molecule has 138 valence electrons. The summed E-state index contributed by atoms with van der Waals surface area (Å²) in [4.78, 5) is 23.6. The van der Waals surface area contributed by atoms with Crippen LogP contribution in [0.1, 0.15) is 13.8 Å². The van der Waals surface area contributed by atoms with E-state index in [-0.39, 0.29) is 11.1 Å². The number of carbonyl (C=O) groups excluding carboxylic acids is 2. The summed E-state index contributed by atoms with van der Waals surface area (Å²) >= 11 is 0. The molecule has 0 atom stereocenters. The first-order valence-electron chi connectivity index (χ1n) is 6.61. The third kappa shape index (κ3) is 3.98. The van der Waals surface area contributed by atoms with Gasteiger partial charge in [0, 0.05) is 11.1 Å². The minimum Gasteiger partial charge on any atom is -0.415 e. The van der Waals surface area contributed by atoms with E-state index in [1.165, 1.54) is 13.8 Å². The number of esters is 2. The molecule has 0 aliphatic rings. The Morgan fingerprint density at radius 2 is 1.17 bits per heavy atom. The molecule has 0 rings (SSSR count). The highest BCUT2D eigenvalue weighted by Gasteiger charge is 2.68. The van der Waals surface area contributed by atoms with Crippen molar-refractivity contribution in [2.45, 2.75) is 25.6 Å². The number of ether oxygens (including phenoxy) is 2. The van der Waals surface area contributed by atoms with Crippen LogP contribution in [0.15, 0.2) is 24.3 Å². The fraction of sp³-hybridized carbons (Fsp3) is 0.571. The lowest BCUT2D eigenvalue weighted by Crippen LogP contribution is -2.70. The lowest BCUT2D eigenvalue weighted by molar-refractivity contribution is -0.445. The molecular weight excluding hydrogens is 328 g/mol. The number of rotatable bonds is 9. The van der Waals surface area contributed by atoms with Gasteiger partial charge in [-0.1, -0.05) is 13.2 Å². The average Bonchev–Trinajstić information content (AvgIpc) is 2.46. The summed E-state index contributed by atoms with van der Waals surface area (Å²) in [6.45, 7) is 4.50. The van der Waals surface area contributed by atoms with Crippen LogP contribution in [0, 0.1) is 5.41 Å². The molecule has 0 heterocycles. The lowest BCUT2D eigenvalue weighted by Gasteiger charge is -2.48. The van der Waals surface area contributed by atoms with Gasteiger partial charge in [0.2, 0.25) is 0 Å². The van der Waals surface area contributed by atoms with Crippen molar-refractivity contribution in [2.24, 2.45) is 5.41 Å². The Kier molecular flexibility index (Phi) is 7.24. The maximum atomic E-state index is 11.8. The number of carbonyl (C=O) groups is 2. The molecule has 0 fully saturated rings. The zero-order valence-electron chi connectivity index (χ0n) is 13.4. The summed E-state index contributed by atoms with van der Waals surface area (Å²) < 4.78 is 9.54. The van der Waals surface area contributed by atoms with E-state index in [1.54, 1.807) is 0 Å². The molecule has 0 unspecified atom stereocenters. The predicted octanol–water partition coefficient (Wildman–Crippen LogP) is -2.48. The summed E-state index contributed by atoms with van der Waals surface area (Å²) in [7, 11) is 0. The van der Waals surface area contributed by atoms with E-state index >= 15 is 0 Å². The largest absolute Gasteiger partial charge is 0.415 e. The molecule has 0 aliphatic carbocycles. The molecule has 0 aromatic carbocycles. The first-order valence-corrected chi connectivity index (χ1v) is 6.61. The Morgan fingerprint density at radius 1 is 0.833 bits per heavy atom. The summed E-state index contributed by atoms with van der Waals surface area (Å²) in [6.07, 6.45) is 0. The summed E-state index contributed by atoms with van der Waals surface area (Å²) in [5.74, 6) is -9.53. The van der Waals surface area contributed by atoms with E-state index in [0.717, 1.165) is 0 Å². The van der Waals surface area contributed by atoms with Crippen molar-refractivity contribution in [1.29, 1.82) is 0 Å². The van der Waals surface area contributed by atoms with Gasteiger partial charge in [0.1, 0.15) is 6.61 Å². The van der Waals surface area contributed by atoms with E-state index in [2.05, 4.69) is 13.2 Å². The van der Waals surface area contributed by atoms with Gasteiger partial charge in [-0.25, -0.2) is 9.59 Å². The maximum Gasteiger partial charge on any atom is 0.336 e. The normalized spacial score (nSPS) is 12.5. The molecule has 0 saturated carbocycles. The average molecular weight is 350 g/mol. The van der Waals surface area contributed by atoms with Gasteiger partial charge in [-0.15, -0.1) is 0 Å². The van der Waals surface area contributed by atoms with E-state index in [0.29, 0.717) is 0 Å². The van der Waals surface area contributed by atoms with Crippen molar-refractivity contribution in [1.82, 2.24) is 0 Å².